The van der Waals surface area contributed by atoms with E-state index in [1.807, 2.05) is 45.0 Å². The lowest BCUT2D eigenvalue weighted by molar-refractivity contribution is -0.145. The Balaban J connectivity index is 1.67. The second-order valence-electron chi connectivity index (χ2n) is 6.87. The van der Waals surface area contributed by atoms with Crippen molar-refractivity contribution in [3.63, 3.8) is 0 Å². The predicted octanol–water partition coefficient (Wildman–Crippen LogP) is 3.72. The number of ketones is 1. The van der Waals surface area contributed by atoms with Crippen molar-refractivity contribution in [2.45, 2.75) is 26.8 Å². The second-order valence-corrected chi connectivity index (χ2v) is 7.82. The fourth-order valence-electron chi connectivity index (χ4n) is 3.05. The molecule has 7 heteroatoms. The summed E-state index contributed by atoms with van der Waals surface area (Å²) >= 11 is 1.29. The monoisotopic (exact) mass is 398 g/mol. The third-order valence-corrected chi connectivity index (χ3v) is 5.34. The van der Waals surface area contributed by atoms with Crippen molar-refractivity contribution >= 4 is 39.9 Å². The summed E-state index contributed by atoms with van der Waals surface area (Å²) in [5, 5.41) is 5.29. The first-order valence-electron chi connectivity index (χ1n) is 9.00. The van der Waals surface area contributed by atoms with E-state index in [1.165, 1.54) is 11.3 Å². The van der Waals surface area contributed by atoms with Crippen LogP contribution in [-0.2, 0) is 9.53 Å². The van der Waals surface area contributed by atoms with Gasteiger partial charge in [-0.3, -0.25) is 9.59 Å². The van der Waals surface area contributed by atoms with E-state index in [4.69, 9.17) is 4.74 Å². The second kappa shape index (κ2) is 8.39. The van der Waals surface area contributed by atoms with Crippen LogP contribution in [0.5, 0.6) is 0 Å². The molecule has 0 saturated carbocycles. The Kier molecular flexibility index (Phi) is 5.94. The number of para-hydroxylation sites is 1. The van der Waals surface area contributed by atoms with Crippen molar-refractivity contribution in [3.8, 4) is 0 Å². The van der Waals surface area contributed by atoms with Gasteiger partial charge in [0, 0.05) is 22.2 Å². The minimum atomic E-state index is -0.827. The van der Waals surface area contributed by atoms with Gasteiger partial charge in [-0.25, -0.2) is 4.79 Å². The van der Waals surface area contributed by atoms with E-state index in [-0.39, 0.29) is 24.2 Å². The summed E-state index contributed by atoms with van der Waals surface area (Å²) in [5.74, 6) is -1.41. The molecule has 0 spiro atoms. The summed E-state index contributed by atoms with van der Waals surface area (Å²) in [6.45, 7) is 5.06. The van der Waals surface area contributed by atoms with Gasteiger partial charge in [-0.15, -0.1) is 11.3 Å². The van der Waals surface area contributed by atoms with E-state index in [0.717, 1.165) is 16.6 Å². The number of esters is 1. The van der Waals surface area contributed by atoms with Crippen LogP contribution < -0.4 is 5.32 Å². The number of fused-ring (bicyclic) bond motifs is 1. The summed E-state index contributed by atoms with van der Waals surface area (Å²) in [6, 6.07) is 10.1. The van der Waals surface area contributed by atoms with Crippen LogP contribution >= 0.6 is 11.3 Å². The van der Waals surface area contributed by atoms with Crippen LogP contribution in [0.2, 0.25) is 0 Å². The average molecular weight is 398 g/mol. The Labute approximate surface area is 166 Å². The Morgan fingerprint density at radius 3 is 2.57 bits per heavy atom. The van der Waals surface area contributed by atoms with Crippen molar-refractivity contribution in [2.75, 3.05) is 6.61 Å². The Morgan fingerprint density at radius 2 is 1.89 bits per heavy atom. The van der Waals surface area contributed by atoms with Crippen molar-refractivity contribution in [1.29, 1.82) is 0 Å². The number of benzene rings is 1. The number of ether oxygens (including phenoxy) is 1. The Morgan fingerprint density at radius 1 is 1.14 bits per heavy atom. The molecule has 28 heavy (non-hydrogen) atoms. The number of hydrogen-bond donors (Lipinski definition) is 2. The van der Waals surface area contributed by atoms with E-state index in [0.29, 0.717) is 10.4 Å². The number of H-pyrrole nitrogens is 1. The lowest BCUT2D eigenvalue weighted by Crippen LogP contribution is -2.45. The molecule has 1 atom stereocenters. The number of Topliss-reactive ketones (excluding diaryl/α,β-unsaturated/α-hetero) is 1. The average Bonchev–Trinajstić information content (AvgIpc) is 3.30. The van der Waals surface area contributed by atoms with Crippen molar-refractivity contribution in [2.24, 2.45) is 5.92 Å². The number of carbonyl (C=O) groups is 3. The standard InChI is InChI=1S/C21H22N2O4S/c1-12(2)19(23-20(25)17-9-6-10-28-17)21(26)27-11-16(24)18-13(3)22-15-8-5-4-7-14(15)18/h4-10,12,19,22H,11H2,1-3H3,(H,23,25)/t19-/m0/s1. The molecule has 0 fully saturated rings. The molecule has 2 aromatic heterocycles. The normalized spacial score (nSPS) is 12.1. The number of aryl methyl sites for hydroxylation is 1. The van der Waals surface area contributed by atoms with Crippen molar-refractivity contribution < 1.29 is 19.1 Å². The molecule has 0 aliphatic carbocycles. The Hall–Kier alpha value is -2.93. The van der Waals surface area contributed by atoms with Gasteiger partial charge >= 0.3 is 5.97 Å². The summed E-state index contributed by atoms with van der Waals surface area (Å²) in [4.78, 5) is 41.1. The first-order valence-corrected chi connectivity index (χ1v) is 9.88. The molecule has 2 N–H and O–H groups in total. The number of amides is 1. The molecular weight excluding hydrogens is 376 g/mol. The highest BCUT2D eigenvalue weighted by atomic mass is 32.1. The van der Waals surface area contributed by atoms with Gasteiger partial charge in [0.2, 0.25) is 5.78 Å². The molecule has 146 valence electrons. The lowest BCUT2D eigenvalue weighted by Gasteiger charge is -2.20. The molecule has 0 radical (unpaired) electrons. The largest absolute Gasteiger partial charge is 0.456 e. The van der Waals surface area contributed by atoms with E-state index in [9.17, 15) is 14.4 Å². The van der Waals surface area contributed by atoms with Gasteiger partial charge in [0.15, 0.2) is 6.61 Å². The van der Waals surface area contributed by atoms with Gasteiger partial charge in [0.05, 0.1) is 4.88 Å². The van der Waals surface area contributed by atoms with E-state index < -0.39 is 12.0 Å². The van der Waals surface area contributed by atoms with Crippen LogP contribution in [0.3, 0.4) is 0 Å². The van der Waals surface area contributed by atoms with Gasteiger partial charge in [-0.1, -0.05) is 38.1 Å². The molecule has 0 aliphatic rings. The number of carbonyl (C=O) groups excluding carboxylic acids is 3. The first kappa shape index (κ1) is 19.8. The smallest absolute Gasteiger partial charge is 0.329 e. The SMILES string of the molecule is Cc1[nH]c2ccccc2c1C(=O)COC(=O)[C@@H](NC(=O)c1cccs1)C(C)C. The summed E-state index contributed by atoms with van der Waals surface area (Å²) < 4.78 is 5.26. The predicted molar refractivity (Wildman–Crippen MR) is 109 cm³/mol. The van der Waals surface area contributed by atoms with Gasteiger partial charge in [-0.05, 0) is 30.4 Å². The third-order valence-electron chi connectivity index (χ3n) is 4.47. The summed E-state index contributed by atoms with van der Waals surface area (Å²) in [6.07, 6.45) is 0. The zero-order valence-electron chi connectivity index (χ0n) is 15.9. The van der Waals surface area contributed by atoms with Crippen LogP contribution in [0.15, 0.2) is 41.8 Å². The van der Waals surface area contributed by atoms with Crippen LogP contribution in [0.4, 0.5) is 0 Å². The number of aromatic amines is 1. The topological polar surface area (TPSA) is 88.3 Å². The van der Waals surface area contributed by atoms with Gasteiger partial charge < -0.3 is 15.0 Å². The molecule has 6 nitrogen and oxygen atoms in total. The third kappa shape index (κ3) is 4.14. The van der Waals surface area contributed by atoms with Gasteiger partial charge in [-0.2, -0.15) is 0 Å². The minimum Gasteiger partial charge on any atom is -0.456 e. The highest BCUT2D eigenvalue weighted by molar-refractivity contribution is 7.12. The van der Waals surface area contributed by atoms with Crippen LogP contribution in [-0.4, -0.2) is 35.3 Å². The number of hydrogen-bond acceptors (Lipinski definition) is 5. The molecule has 1 amide bonds. The summed E-state index contributed by atoms with van der Waals surface area (Å²) in [7, 11) is 0. The number of rotatable bonds is 7. The molecule has 3 rings (SSSR count). The zero-order valence-corrected chi connectivity index (χ0v) is 16.8. The maximum atomic E-state index is 12.7. The number of aromatic nitrogens is 1. The van der Waals surface area contributed by atoms with E-state index in [1.54, 1.807) is 17.5 Å². The fraction of sp³-hybridized carbons (Fsp3) is 0.286. The minimum absolute atomic E-state index is 0.179. The van der Waals surface area contributed by atoms with Crippen LogP contribution in [0.25, 0.3) is 10.9 Å². The van der Waals surface area contributed by atoms with Crippen LogP contribution in [0, 0.1) is 12.8 Å². The zero-order chi connectivity index (χ0) is 20.3. The van der Waals surface area contributed by atoms with Crippen LogP contribution in [0.1, 0.15) is 39.6 Å². The highest BCUT2D eigenvalue weighted by Gasteiger charge is 2.27. The van der Waals surface area contributed by atoms with Crippen molar-refractivity contribution in [1.82, 2.24) is 10.3 Å². The highest BCUT2D eigenvalue weighted by Crippen LogP contribution is 2.22. The van der Waals surface area contributed by atoms with E-state index >= 15 is 0 Å². The maximum Gasteiger partial charge on any atom is 0.329 e. The fourth-order valence-corrected chi connectivity index (χ4v) is 3.68. The number of thiophene rings is 1. The molecule has 0 bridgehead atoms. The van der Waals surface area contributed by atoms with Gasteiger partial charge in [0.1, 0.15) is 6.04 Å². The van der Waals surface area contributed by atoms with Crippen molar-refractivity contribution in [3.05, 3.63) is 57.9 Å². The van der Waals surface area contributed by atoms with Gasteiger partial charge in [0.25, 0.3) is 5.91 Å². The molecule has 2 heterocycles. The molecule has 1 aromatic carbocycles. The lowest BCUT2D eigenvalue weighted by atomic mass is 10.0. The molecule has 3 aromatic rings. The summed E-state index contributed by atoms with van der Waals surface area (Å²) in [5.41, 5.74) is 2.11. The maximum absolute atomic E-state index is 12.7. The Bertz CT molecular complexity index is 1000. The first-order chi connectivity index (χ1) is 13.4. The molecule has 0 saturated heterocycles. The quantitative estimate of drug-likeness (QED) is 0.469. The molecule has 0 aliphatic heterocycles. The molecular formula is C21H22N2O4S. The number of nitrogens with one attached hydrogen (secondary N) is 2. The molecule has 0 unspecified atom stereocenters. The van der Waals surface area contributed by atoms with E-state index in [2.05, 4.69) is 10.3 Å².